The van der Waals surface area contributed by atoms with E-state index in [9.17, 15) is 4.79 Å². The number of benzene rings is 2. The van der Waals surface area contributed by atoms with E-state index >= 15 is 0 Å². The van der Waals surface area contributed by atoms with E-state index in [4.69, 9.17) is 0 Å². The van der Waals surface area contributed by atoms with Gasteiger partial charge in [-0.1, -0.05) is 42.7 Å². The van der Waals surface area contributed by atoms with Gasteiger partial charge >= 0.3 is 0 Å². The first-order chi connectivity index (χ1) is 11.6. The van der Waals surface area contributed by atoms with E-state index in [1.165, 1.54) is 28.9 Å². The lowest BCUT2D eigenvalue weighted by Gasteiger charge is -2.24. The second-order valence-electron chi connectivity index (χ2n) is 6.65. The summed E-state index contributed by atoms with van der Waals surface area (Å²) in [6.07, 6.45) is 4.79. The third-order valence-electron chi connectivity index (χ3n) is 4.82. The van der Waals surface area contributed by atoms with Crippen LogP contribution in [0, 0.1) is 6.92 Å². The van der Waals surface area contributed by atoms with Gasteiger partial charge in [-0.25, -0.2) is 0 Å². The maximum Gasteiger partial charge on any atom is 0.253 e. The molecule has 0 unspecified atom stereocenters. The number of carbonyl (C=O) groups excluding carboxylic acids is 1. The van der Waals surface area contributed by atoms with Gasteiger partial charge < -0.3 is 4.90 Å². The van der Waals surface area contributed by atoms with E-state index in [-0.39, 0.29) is 5.91 Å². The van der Waals surface area contributed by atoms with Crippen LogP contribution in [-0.4, -0.2) is 23.9 Å². The van der Waals surface area contributed by atoms with Crippen LogP contribution < -0.4 is 0 Å². The number of rotatable bonds is 5. The lowest BCUT2D eigenvalue weighted by molar-refractivity contribution is 0.0735. The number of hydrogen-bond acceptors (Lipinski definition) is 2. The molecule has 0 atom stereocenters. The predicted molar refractivity (Wildman–Crippen MR) is 102 cm³/mol. The van der Waals surface area contributed by atoms with Crippen molar-refractivity contribution in [2.24, 2.45) is 0 Å². The van der Waals surface area contributed by atoms with Crippen molar-refractivity contribution in [3.63, 3.8) is 0 Å². The maximum atomic E-state index is 12.6. The minimum Gasteiger partial charge on any atom is -0.339 e. The van der Waals surface area contributed by atoms with E-state index in [1.54, 1.807) is 0 Å². The number of nitrogens with zero attached hydrogens (tertiary/aromatic N) is 1. The first kappa shape index (κ1) is 17.1. The van der Waals surface area contributed by atoms with Crippen molar-refractivity contribution in [1.82, 2.24) is 4.90 Å². The fourth-order valence-corrected chi connectivity index (χ4v) is 4.06. The summed E-state index contributed by atoms with van der Waals surface area (Å²) in [5, 5.41) is 0. The quantitative estimate of drug-likeness (QED) is 0.689. The zero-order valence-electron chi connectivity index (χ0n) is 14.5. The summed E-state index contributed by atoms with van der Waals surface area (Å²) in [6.45, 7) is 2.10. The van der Waals surface area contributed by atoms with Gasteiger partial charge in [0.2, 0.25) is 0 Å². The largest absolute Gasteiger partial charge is 0.339 e. The molecule has 0 radical (unpaired) electrons. The zero-order chi connectivity index (χ0) is 16.9. The van der Waals surface area contributed by atoms with E-state index in [0.717, 1.165) is 24.2 Å². The van der Waals surface area contributed by atoms with Gasteiger partial charge in [0.05, 0.1) is 0 Å². The van der Waals surface area contributed by atoms with E-state index in [2.05, 4.69) is 43.3 Å². The Morgan fingerprint density at radius 3 is 2.29 bits per heavy atom. The van der Waals surface area contributed by atoms with Crippen LogP contribution in [0.3, 0.4) is 0 Å². The van der Waals surface area contributed by atoms with Crippen LogP contribution >= 0.6 is 11.8 Å². The molecule has 0 aliphatic heterocycles. The van der Waals surface area contributed by atoms with Crippen molar-refractivity contribution in [1.29, 1.82) is 0 Å². The fourth-order valence-electron chi connectivity index (χ4n) is 3.21. The summed E-state index contributed by atoms with van der Waals surface area (Å²) < 4.78 is 0. The van der Waals surface area contributed by atoms with Crippen LogP contribution in [0.15, 0.2) is 53.4 Å². The number of amides is 1. The minimum atomic E-state index is 0.152. The van der Waals surface area contributed by atoms with Crippen molar-refractivity contribution in [3.8, 4) is 0 Å². The van der Waals surface area contributed by atoms with Gasteiger partial charge in [0.1, 0.15) is 0 Å². The highest BCUT2D eigenvalue weighted by Gasteiger charge is 2.23. The Kier molecular flexibility index (Phi) is 5.62. The Bertz CT molecular complexity index is 672. The number of aryl methyl sites for hydroxylation is 1. The summed E-state index contributed by atoms with van der Waals surface area (Å²) >= 11 is 1.83. The molecule has 0 spiro atoms. The molecule has 2 aromatic rings. The second kappa shape index (κ2) is 7.89. The smallest absolute Gasteiger partial charge is 0.253 e. The van der Waals surface area contributed by atoms with Crippen LogP contribution in [0.5, 0.6) is 0 Å². The van der Waals surface area contributed by atoms with Gasteiger partial charge in [0, 0.05) is 29.3 Å². The Morgan fingerprint density at radius 1 is 1.04 bits per heavy atom. The Labute approximate surface area is 149 Å². The summed E-state index contributed by atoms with van der Waals surface area (Å²) in [5.41, 5.74) is 3.34. The SMILES string of the molecule is Cc1ccc(SCc2ccc(C(=O)N(C)C3CCCC3)cc2)cc1. The molecule has 2 nitrogen and oxygen atoms in total. The molecule has 1 aliphatic rings. The highest BCUT2D eigenvalue weighted by Crippen LogP contribution is 2.25. The Balaban J connectivity index is 1.58. The van der Waals surface area contributed by atoms with E-state index < -0.39 is 0 Å². The summed E-state index contributed by atoms with van der Waals surface area (Å²) in [7, 11) is 1.94. The first-order valence-corrected chi connectivity index (χ1v) is 9.67. The van der Waals surface area contributed by atoms with E-state index in [1.807, 2.05) is 35.8 Å². The standard InChI is InChI=1S/C21H25NOS/c1-16-7-13-20(14-8-16)24-15-17-9-11-18(12-10-17)21(23)22(2)19-5-3-4-6-19/h7-14,19H,3-6,15H2,1-2H3. The molecule has 0 N–H and O–H groups in total. The third kappa shape index (κ3) is 4.21. The molecule has 1 amide bonds. The lowest BCUT2D eigenvalue weighted by Crippen LogP contribution is -2.35. The fraction of sp³-hybridized carbons (Fsp3) is 0.381. The van der Waals surface area contributed by atoms with Gasteiger partial charge in [0.25, 0.3) is 5.91 Å². The molecule has 0 heterocycles. The number of hydrogen-bond donors (Lipinski definition) is 0. The van der Waals surface area contributed by atoms with Crippen molar-refractivity contribution >= 4 is 17.7 Å². The molecule has 126 valence electrons. The Morgan fingerprint density at radius 2 is 1.67 bits per heavy atom. The first-order valence-electron chi connectivity index (χ1n) is 8.69. The molecule has 0 bridgehead atoms. The highest BCUT2D eigenvalue weighted by molar-refractivity contribution is 7.98. The molecule has 3 heteroatoms. The molecule has 3 rings (SSSR count). The normalized spacial score (nSPS) is 14.8. The number of thioether (sulfide) groups is 1. The number of carbonyl (C=O) groups is 1. The Hall–Kier alpha value is -1.74. The van der Waals surface area contributed by atoms with Gasteiger partial charge in [-0.05, 0) is 49.6 Å². The molecule has 24 heavy (non-hydrogen) atoms. The van der Waals surface area contributed by atoms with Crippen molar-refractivity contribution in [2.75, 3.05) is 7.05 Å². The summed E-state index contributed by atoms with van der Waals surface area (Å²) in [5.74, 6) is 1.08. The average Bonchev–Trinajstić information content (AvgIpc) is 3.15. The van der Waals surface area contributed by atoms with Crippen LogP contribution in [0.2, 0.25) is 0 Å². The molecule has 1 saturated carbocycles. The van der Waals surface area contributed by atoms with Crippen molar-refractivity contribution < 1.29 is 4.79 Å². The summed E-state index contributed by atoms with van der Waals surface area (Å²) in [6, 6.07) is 17.1. The van der Waals surface area contributed by atoms with E-state index in [0.29, 0.717) is 6.04 Å². The molecule has 1 fully saturated rings. The lowest BCUT2D eigenvalue weighted by atomic mass is 10.1. The molecule has 1 aliphatic carbocycles. The minimum absolute atomic E-state index is 0.152. The van der Waals surface area contributed by atoms with Crippen LogP contribution in [0.1, 0.15) is 47.2 Å². The average molecular weight is 340 g/mol. The van der Waals surface area contributed by atoms with Crippen LogP contribution in [0.4, 0.5) is 0 Å². The highest BCUT2D eigenvalue weighted by atomic mass is 32.2. The third-order valence-corrected chi connectivity index (χ3v) is 5.90. The van der Waals surface area contributed by atoms with Gasteiger partial charge in [-0.15, -0.1) is 11.8 Å². The topological polar surface area (TPSA) is 20.3 Å². The van der Waals surface area contributed by atoms with Gasteiger partial charge in [-0.3, -0.25) is 4.79 Å². The van der Waals surface area contributed by atoms with Crippen LogP contribution in [0.25, 0.3) is 0 Å². The van der Waals surface area contributed by atoms with Crippen molar-refractivity contribution in [3.05, 3.63) is 65.2 Å². The van der Waals surface area contributed by atoms with Crippen LogP contribution in [-0.2, 0) is 5.75 Å². The molecule has 0 saturated heterocycles. The second-order valence-corrected chi connectivity index (χ2v) is 7.70. The molecular weight excluding hydrogens is 314 g/mol. The molecular formula is C21H25NOS. The van der Waals surface area contributed by atoms with Gasteiger partial charge in [-0.2, -0.15) is 0 Å². The van der Waals surface area contributed by atoms with Crippen molar-refractivity contribution in [2.45, 2.75) is 49.3 Å². The summed E-state index contributed by atoms with van der Waals surface area (Å²) in [4.78, 5) is 15.8. The zero-order valence-corrected chi connectivity index (χ0v) is 15.3. The monoisotopic (exact) mass is 339 g/mol. The van der Waals surface area contributed by atoms with Gasteiger partial charge in [0.15, 0.2) is 0 Å². The molecule has 2 aromatic carbocycles. The maximum absolute atomic E-state index is 12.6. The molecule has 0 aromatic heterocycles. The predicted octanol–water partition coefficient (Wildman–Crippen LogP) is 5.30.